The molecule has 6 heteroatoms. The van der Waals surface area contributed by atoms with Crippen LogP contribution in [0.2, 0.25) is 0 Å². The average Bonchev–Trinajstić information content (AvgIpc) is 3.01. The van der Waals surface area contributed by atoms with E-state index in [1.807, 2.05) is 18.3 Å². The maximum absolute atomic E-state index is 12.4. The van der Waals surface area contributed by atoms with Crippen LogP contribution in [0.5, 0.6) is 0 Å². The van der Waals surface area contributed by atoms with Gasteiger partial charge in [-0.05, 0) is 36.3 Å². The summed E-state index contributed by atoms with van der Waals surface area (Å²) < 4.78 is 0. The summed E-state index contributed by atoms with van der Waals surface area (Å²) in [5.74, 6) is -0.0812. The number of nitrogens with zero attached hydrogens (tertiary/aromatic N) is 2. The van der Waals surface area contributed by atoms with Gasteiger partial charge < -0.3 is 10.2 Å². The van der Waals surface area contributed by atoms with E-state index in [0.717, 1.165) is 25.8 Å². The van der Waals surface area contributed by atoms with Gasteiger partial charge in [0.05, 0.1) is 13.1 Å². The summed E-state index contributed by atoms with van der Waals surface area (Å²) >= 11 is 1.81. The summed E-state index contributed by atoms with van der Waals surface area (Å²) in [4.78, 5) is 29.4. The van der Waals surface area contributed by atoms with Crippen molar-refractivity contribution in [1.29, 1.82) is 0 Å². The predicted molar refractivity (Wildman–Crippen MR) is 93.6 cm³/mol. The Balaban J connectivity index is 1.90. The van der Waals surface area contributed by atoms with E-state index in [1.165, 1.54) is 15.3 Å². The quantitative estimate of drug-likeness (QED) is 0.828. The molecule has 0 fully saturated rings. The maximum Gasteiger partial charge on any atom is 0.239 e. The molecule has 23 heavy (non-hydrogen) atoms. The van der Waals surface area contributed by atoms with E-state index in [0.29, 0.717) is 19.1 Å². The molecule has 1 aliphatic heterocycles. The van der Waals surface area contributed by atoms with Gasteiger partial charge in [0, 0.05) is 31.1 Å². The summed E-state index contributed by atoms with van der Waals surface area (Å²) in [6.07, 6.45) is 2.91. The van der Waals surface area contributed by atoms with Crippen LogP contribution in [0.15, 0.2) is 11.4 Å². The first-order valence-corrected chi connectivity index (χ1v) is 9.25. The number of hydrogen-bond acceptors (Lipinski definition) is 4. The molecule has 0 spiro atoms. The van der Waals surface area contributed by atoms with Crippen molar-refractivity contribution in [2.45, 2.75) is 39.2 Å². The molecule has 0 saturated heterocycles. The molecule has 0 bridgehead atoms. The Labute approximate surface area is 142 Å². The van der Waals surface area contributed by atoms with Crippen LogP contribution in [0.3, 0.4) is 0 Å². The smallest absolute Gasteiger partial charge is 0.239 e. The zero-order valence-corrected chi connectivity index (χ0v) is 15.1. The standard InChI is InChI=1S/C17H27N3O2S/c1-4-8-18-16(21)11-19(3)17(22)12-20-9-6-15-13(7-10-23-15)14(20)5-2/h7,10,14H,4-6,8-9,11-12H2,1-3H3,(H,18,21). The molecular weight excluding hydrogens is 310 g/mol. The summed E-state index contributed by atoms with van der Waals surface area (Å²) in [5.41, 5.74) is 1.37. The molecule has 0 aliphatic carbocycles. The number of likely N-dealkylation sites (N-methyl/N-ethyl adjacent to an activating group) is 1. The Bertz CT molecular complexity index is 544. The second kappa shape index (κ2) is 8.45. The van der Waals surface area contributed by atoms with Gasteiger partial charge in [-0.25, -0.2) is 0 Å². The lowest BCUT2D eigenvalue weighted by atomic mass is 9.98. The Morgan fingerprint density at radius 1 is 1.43 bits per heavy atom. The highest BCUT2D eigenvalue weighted by atomic mass is 32.1. The Morgan fingerprint density at radius 2 is 2.22 bits per heavy atom. The first kappa shape index (κ1) is 17.9. The molecule has 1 N–H and O–H groups in total. The second-order valence-corrected chi connectivity index (χ2v) is 7.04. The highest BCUT2D eigenvalue weighted by Crippen LogP contribution is 2.34. The van der Waals surface area contributed by atoms with Crippen LogP contribution in [0.1, 0.15) is 43.2 Å². The van der Waals surface area contributed by atoms with Gasteiger partial charge >= 0.3 is 0 Å². The van der Waals surface area contributed by atoms with Gasteiger partial charge in [-0.2, -0.15) is 0 Å². The molecule has 1 aromatic heterocycles. The van der Waals surface area contributed by atoms with Crippen molar-refractivity contribution < 1.29 is 9.59 Å². The lowest BCUT2D eigenvalue weighted by Crippen LogP contribution is -2.45. The predicted octanol–water partition coefficient (Wildman–Crippen LogP) is 2.04. The van der Waals surface area contributed by atoms with Crippen molar-refractivity contribution in [3.63, 3.8) is 0 Å². The Hall–Kier alpha value is -1.40. The van der Waals surface area contributed by atoms with Gasteiger partial charge in [0.1, 0.15) is 0 Å². The van der Waals surface area contributed by atoms with Crippen LogP contribution in [-0.4, -0.2) is 54.8 Å². The fourth-order valence-electron chi connectivity index (χ4n) is 3.03. The Kier molecular flexibility index (Phi) is 6.59. The summed E-state index contributed by atoms with van der Waals surface area (Å²) in [7, 11) is 1.70. The lowest BCUT2D eigenvalue weighted by Gasteiger charge is -2.35. The summed E-state index contributed by atoms with van der Waals surface area (Å²) in [6.45, 7) is 6.25. The van der Waals surface area contributed by atoms with E-state index in [-0.39, 0.29) is 18.4 Å². The van der Waals surface area contributed by atoms with Crippen LogP contribution in [0.4, 0.5) is 0 Å². The van der Waals surface area contributed by atoms with Crippen molar-refractivity contribution in [1.82, 2.24) is 15.1 Å². The number of carbonyl (C=O) groups excluding carboxylic acids is 2. The fraction of sp³-hybridized carbons (Fsp3) is 0.647. The minimum atomic E-state index is -0.0893. The fourth-order valence-corrected chi connectivity index (χ4v) is 3.96. The summed E-state index contributed by atoms with van der Waals surface area (Å²) in [6, 6.07) is 2.50. The highest BCUT2D eigenvalue weighted by Gasteiger charge is 2.29. The molecular formula is C17H27N3O2S. The number of nitrogens with one attached hydrogen (secondary N) is 1. The van der Waals surface area contributed by atoms with E-state index < -0.39 is 0 Å². The van der Waals surface area contributed by atoms with E-state index in [1.54, 1.807) is 7.05 Å². The maximum atomic E-state index is 12.4. The number of rotatable bonds is 7. The van der Waals surface area contributed by atoms with Crippen LogP contribution in [-0.2, 0) is 16.0 Å². The monoisotopic (exact) mass is 337 g/mol. The van der Waals surface area contributed by atoms with Crippen molar-refractivity contribution in [2.24, 2.45) is 0 Å². The average molecular weight is 337 g/mol. The first-order chi connectivity index (χ1) is 11.1. The normalized spacial score (nSPS) is 17.6. The van der Waals surface area contributed by atoms with Crippen molar-refractivity contribution >= 4 is 23.2 Å². The Morgan fingerprint density at radius 3 is 2.91 bits per heavy atom. The van der Waals surface area contributed by atoms with Crippen LogP contribution in [0, 0.1) is 0 Å². The molecule has 1 aliphatic rings. The largest absolute Gasteiger partial charge is 0.355 e. The zero-order valence-electron chi connectivity index (χ0n) is 14.3. The molecule has 1 aromatic rings. The van der Waals surface area contributed by atoms with E-state index in [2.05, 4.69) is 28.6 Å². The molecule has 2 amide bonds. The molecule has 0 radical (unpaired) electrons. The SMILES string of the molecule is CCCNC(=O)CN(C)C(=O)CN1CCc2sccc2C1CC. The lowest BCUT2D eigenvalue weighted by molar-refractivity contribution is -0.136. The molecule has 0 aromatic carbocycles. The summed E-state index contributed by atoms with van der Waals surface area (Å²) in [5, 5.41) is 4.95. The molecule has 2 rings (SSSR count). The third kappa shape index (κ3) is 4.54. The highest BCUT2D eigenvalue weighted by molar-refractivity contribution is 7.10. The molecule has 0 saturated carbocycles. The first-order valence-electron chi connectivity index (χ1n) is 8.37. The van der Waals surface area contributed by atoms with Crippen LogP contribution in [0.25, 0.3) is 0 Å². The number of carbonyl (C=O) groups is 2. The van der Waals surface area contributed by atoms with E-state index >= 15 is 0 Å². The third-order valence-corrected chi connectivity index (χ3v) is 5.31. The van der Waals surface area contributed by atoms with Gasteiger partial charge in [0.2, 0.25) is 11.8 Å². The van der Waals surface area contributed by atoms with E-state index in [4.69, 9.17) is 0 Å². The number of hydrogen-bond donors (Lipinski definition) is 1. The number of thiophene rings is 1. The third-order valence-electron chi connectivity index (χ3n) is 4.31. The minimum absolute atomic E-state index is 0.00813. The second-order valence-electron chi connectivity index (χ2n) is 6.04. The molecule has 1 atom stereocenters. The molecule has 5 nitrogen and oxygen atoms in total. The van der Waals surface area contributed by atoms with Crippen molar-refractivity contribution in [3.05, 3.63) is 21.9 Å². The van der Waals surface area contributed by atoms with Crippen LogP contribution < -0.4 is 5.32 Å². The number of fused-ring (bicyclic) bond motifs is 1. The van der Waals surface area contributed by atoms with Gasteiger partial charge in [-0.1, -0.05) is 13.8 Å². The van der Waals surface area contributed by atoms with Gasteiger partial charge in [0.15, 0.2) is 0 Å². The van der Waals surface area contributed by atoms with Crippen LogP contribution >= 0.6 is 11.3 Å². The van der Waals surface area contributed by atoms with Gasteiger partial charge in [-0.15, -0.1) is 11.3 Å². The van der Waals surface area contributed by atoms with Gasteiger partial charge in [-0.3, -0.25) is 14.5 Å². The molecule has 2 heterocycles. The zero-order chi connectivity index (χ0) is 16.8. The minimum Gasteiger partial charge on any atom is -0.355 e. The van der Waals surface area contributed by atoms with Gasteiger partial charge in [0.25, 0.3) is 0 Å². The molecule has 128 valence electrons. The van der Waals surface area contributed by atoms with Crippen molar-refractivity contribution in [2.75, 3.05) is 33.2 Å². The topological polar surface area (TPSA) is 52.7 Å². The number of amides is 2. The van der Waals surface area contributed by atoms with E-state index in [9.17, 15) is 9.59 Å². The van der Waals surface area contributed by atoms with Crippen molar-refractivity contribution in [3.8, 4) is 0 Å². The molecule has 1 unspecified atom stereocenters.